The Bertz CT molecular complexity index is 388. The molecular weight excluding hydrogens is 264 g/mol. The van der Waals surface area contributed by atoms with E-state index in [9.17, 15) is 19.5 Å². The lowest BCUT2D eigenvalue weighted by Crippen LogP contribution is -2.44. The van der Waals surface area contributed by atoms with E-state index in [1.165, 1.54) is 6.92 Å². The zero-order chi connectivity index (χ0) is 15.9. The summed E-state index contributed by atoms with van der Waals surface area (Å²) in [6.07, 6.45) is 3.04. The minimum Gasteiger partial charge on any atom is -0.481 e. The molecule has 1 aliphatic carbocycles. The number of carbonyl (C=O) groups excluding carboxylic acids is 1. The highest BCUT2D eigenvalue weighted by Gasteiger charge is 2.49. The summed E-state index contributed by atoms with van der Waals surface area (Å²) in [4.78, 5) is 31.6. The first-order valence-electron chi connectivity index (χ1n) is 6.52. The second-order valence-corrected chi connectivity index (χ2v) is 5.02. The van der Waals surface area contributed by atoms with Crippen LogP contribution in [0.25, 0.3) is 0 Å². The second-order valence-electron chi connectivity index (χ2n) is 5.02. The lowest BCUT2D eigenvalue weighted by Gasteiger charge is -2.37. The topological polar surface area (TPSA) is 112 Å². The van der Waals surface area contributed by atoms with Crippen molar-refractivity contribution >= 4 is 17.9 Å². The molecule has 0 spiro atoms. The maximum Gasteiger partial charge on any atom is 0.381 e. The highest BCUT2D eigenvalue weighted by Crippen LogP contribution is 2.44. The first-order chi connectivity index (χ1) is 9.19. The third-order valence-electron chi connectivity index (χ3n) is 3.74. The van der Waals surface area contributed by atoms with Crippen LogP contribution in [0.5, 0.6) is 0 Å². The van der Waals surface area contributed by atoms with E-state index in [1.54, 1.807) is 6.92 Å². The molecule has 1 aliphatic rings. The molecule has 1 fully saturated rings. The van der Waals surface area contributed by atoms with Gasteiger partial charge in [-0.3, -0.25) is 9.59 Å². The average Bonchev–Trinajstić information content (AvgIpc) is 2.38. The molecule has 0 bridgehead atoms. The Labute approximate surface area is 118 Å². The van der Waals surface area contributed by atoms with Crippen molar-refractivity contribution in [3.63, 3.8) is 0 Å². The first-order valence-corrected chi connectivity index (χ1v) is 6.52. The summed E-state index contributed by atoms with van der Waals surface area (Å²) >= 11 is 0. The van der Waals surface area contributed by atoms with Crippen LogP contribution >= 0.6 is 0 Å². The van der Waals surface area contributed by atoms with Gasteiger partial charge in [0.1, 0.15) is 0 Å². The van der Waals surface area contributed by atoms with Crippen molar-refractivity contribution in [1.82, 2.24) is 0 Å². The van der Waals surface area contributed by atoms with Crippen LogP contribution in [0.3, 0.4) is 0 Å². The Hall–Kier alpha value is -1.85. The number of hydrogen-bond donors (Lipinski definition) is 2. The molecule has 2 N–H and O–H groups in total. The summed E-state index contributed by atoms with van der Waals surface area (Å²) in [5, 5.41) is 27.6. The van der Waals surface area contributed by atoms with E-state index in [1.807, 2.05) is 0 Å². The molecule has 0 aliphatic heterocycles. The molecular formula is C14H21O6. The molecule has 113 valence electrons. The highest BCUT2D eigenvalue weighted by molar-refractivity contribution is 5.84. The van der Waals surface area contributed by atoms with Crippen LogP contribution in [0.4, 0.5) is 0 Å². The van der Waals surface area contributed by atoms with Gasteiger partial charge in [0.05, 0.1) is 11.3 Å². The zero-order valence-corrected chi connectivity index (χ0v) is 11.8. The number of rotatable bonds is 4. The Morgan fingerprint density at radius 2 is 1.75 bits per heavy atom. The van der Waals surface area contributed by atoms with Crippen molar-refractivity contribution in [3.8, 4) is 0 Å². The van der Waals surface area contributed by atoms with Crippen molar-refractivity contribution < 1.29 is 29.7 Å². The van der Waals surface area contributed by atoms with E-state index >= 15 is 0 Å². The number of hydrogen-bond acceptors (Lipinski definition) is 3. The number of carboxylic acid groups (broad SMARTS) is 2. The van der Waals surface area contributed by atoms with Crippen LogP contribution in [0, 0.1) is 11.3 Å². The summed E-state index contributed by atoms with van der Waals surface area (Å²) in [5.74, 6) is -3.81. The third kappa shape index (κ3) is 4.36. The van der Waals surface area contributed by atoms with Crippen LogP contribution in [0.2, 0.25) is 0 Å². The third-order valence-corrected chi connectivity index (χ3v) is 3.74. The van der Waals surface area contributed by atoms with Gasteiger partial charge in [-0.15, -0.1) is 0 Å². The Morgan fingerprint density at radius 3 is 2.00 bits per heavy atom. The van der Waals surface area contributed by atoms with Crippen LogP contribution < -0.4 is 0 Å². The largest absolute Gasteiger partial charge is 0.481 e. The maximum atomic E-state index is 11.2. The fourth-order valence-electron chi connectivity index (χ4n) is 2.43. The van der Waals surface area contributed by atoms with Crippen molar-refractivity contribution in [2.45, 2.75) is 46.0 Å². The summed E-state index contributed by atoms with van der Waals surface area (Å²) in [6, 6.07) is 0. The summed E-state index contributed by atoms with van der Waals surface area (Å²) in [6.45, 7) is 6.24. The average molecular weight is 285 g/mol. The smallest absolute Gasteiger partial charge is 0.381 e. The summed E-state index contributed by atoms with van der Waals surface area (Å²) in [7, 11) is 0. The van der Waals surface area contributed by atoms with Crippen molar-refractivity contribution in [1.29, 1.82) is 0 Å². The summed E-state index contributed by atoms with van der Waals surface area (Å²) < 4.78 is 0. The monoisotopic (exact) mass is 285 g/mol. The van der Waals surface area contributed by atoms with Crippen molar-refractivity contribution in [2.24, 2.45) is 11.3 Å². The van der Waals surface area contributed by atoms with E-state index < -0.39 is 29.2 Å². The molecule has 1 rings (SSSR count). The Balaban J connectivity index is 0.000000511. The van der Waals surface area contributed by atoms with Crippen LogP contribution in [0.1, 0.15) is 46.0 Å². The van der Waals surface area contributed by atoms with Gasteiger partial charge in [0, 0.05) is 5.57 Å². The highest BCUT2D eigenvalue weighted by atomic mass is 16.4. The van der Waals surface area contributed by atoms with Gasteiger partial charge in [0.15, 0.2) is 0 Å². The van der Waals surface area contributed by atoms with Gasteiger partial charge in [-0.2, -0.15) is 0 Å². The minimum atomic E-state index is -1.19. The minimum absolute atomic E-state index is 0.0648. The first kappa shape index (κ1) is 18.1. The Kier molecular flexibility index (Phi) is 6.96. The molecule has 20 heavy (non-hydrogen) atoms. The van der Waals surface area contributed by atoms with E-state index in [2.05, 4.69) is 6.58 Å². The molecule has 1 radical (unpaired) electrons. The second kappa shape index (κ2) is 7.67. The van der Waals surface area contributed by atoms with Gasteiger partial charge in [0.2, 0.25) is 0 Å². The lowest BCUT2D eigenvalue weighted by molar-refractivity contribution is -0.166. The lowest BCUT2D eigenvalue weighted by atomic mass is 9.64. The fraction of sp³-hybridized carbons (Fsp3) is 0.643. The molecule has 0 aromatic rings. The van der Waals surface area contributed by atoms with E-state index in [-0.39, 0.29) is 5.57 Å². The molecule has 2 atom stereocenters. The molecule has 0 aromatic heterocycles. The summed E-state index contributed by atoms with van der Waals surface area (Å²) in [5.41, 5.74) is -0.959. The van der Waals surface area contributed by atoms with E-state index in [0.717, 1.165) is 12.8 Å². The van der Waals surface area contributed by atoms with Crippen LogP contribution in [-0.4, -0.2) is 28.1 Å². The molecule has 6 heteroatoms. The molecule has 0 amide bonds. The molecule has 0 saturated heterocycles. The normalized spacial score (nSPS) is 25.0. The molecule has 1 saturated carbocycles. The van der Waals surface area contributed by atoms with Crippen molar-refractivity contribution in [2.75, 3.05) is 0 Å². The van der Waals surface area contributed by atoms with Gasteiger partial charge in [0.25, 0.3) is 0 Å². The van der Waals surface area contributed by atoms with E-state index in [0.29, 0.717) is 19.3 Å². The fourth-order valence-corrected chi connectivity index (χ4v) is 2.43. The van der Waals surface area contributed by atoms with E-state index in [4.69, 9.17) is 10.2 Å². The maximum absolute atomic E-state index is 11.2. The van der Waals surface area contributed by atoms with Gasteiger partial charge >= 0.3 is 17.9 Å². The molecule has 6 nitrogen and oxygen atoms in total. The van der Waals surface area contributed by atoms with Gasteiger partial charge in [-0.1, -0.05) is 26.3 Å². The van der Waals surface area contributed by atoms with Gasteiger partial charge in [-0.05, 0) is 26.2 Å². The molecule has 2 unspecified atom stereocenters. The van der Waals surface area contributed by atoms with Crippen LogP contribution in [-0.2, 0) is 19.5 Å². The predicted molar refractivity (Wildman–Crippen MR) is 70.5 cm³/mol. The van der Waals surface area contributed by atoms with Crippen LogP contribution in [0.15, 0.2) is 12.2 Å². The van der Waals surface area contributed by atoms with Gasteiger partial charge < -0.3 is 10.2 Å². The zero-order valence-electron chi connectivity index (χ0n) is 11.8. The number of carboxylic acids is 2. The Morgan fingerprint density at radius 1 is 1.25 bits per heavy atom. The van der Waals surface area contributed by atoms with Crippen molar-refractivity contribution in [3.05, 3.63) is 12.2 Å². The van der Waals surface area contributed by atoms with Gasteiger partial charge in [-0.25, -0.2) is 9.90 Å². The number of aliphatic carboxylic acids is 2. The molecule has 0 aromatic carbocycles. The number of carbonyl (C=O) groups is 3. The molecule has 0 heterocycles. The standard InChI is InChI=1S/C10H16O4.C4H5O2/c1-2-10(9(13)14)6-4-3-5-7(10)8(11)12;1-3(2)4(5)6/h7H,2-6H2,1H3,(H,11,12)(H,13,14);1H2,2H3. The SMILES string of the molecule is C=C(C)C([O])=O.CCC1(C(=O)O)CCCCC1C(=O)O. The predicted octanol–water partition coefficient (Wildman–Crippen LogP) is 2.26. The quantitative estimate of drug-likeness (QED) is 0.769.